The lowest BCUT2D eigenvalue weighted by atomic mass is 9.96. The number of carbonyl (C=O) groups is 1. The van der Waals surface area contributed by atoms with Gasteiger partial charge in [0.15, 0.2) is 5.96 Å². The van der Waals surface area contributed by atoms with Crippen molar-refractivity contribution in [3.63, 3.8) is 0 Å². The zero-order valence-corrected chi connectivity index (χ0v) is 17.6. The Balaban J connectivity index is 0. The number of guanidine groups is 1. The monoisotopic (exact) mass is 426 g/mol. The molecule has 0 saturated heterocycles. The van der Waals surface area contributed by atoms with Crippen molar-refractivity contribution in [3.8, 4) is 0 Å². The third-order valence-electron chi connectivity index (χ3n) is 3.17. The highest BCUT2D eigenvalue weighted by Crippen LogP contribution is 2.11. The Labute approximate surface area is 153 Å². The lowest BCUT2D eigenvalue weighted by molar-refractivity contribution is -0.128. The Hall–Kier alpha value is -0.530. The first kappa shape index (κ1) is 23.7. The Bertz CT molecular complexity index is 338. The molecule has 0 fully saturated rings. The van der Waals surface area contributed by atoms with Crippen LogP contribution in [0.15, 0.2) is 4.99 Å². The molecule has 0 aliphatic carbocycles. The summed E-state index contributed by atoms with van der Waals surface area (Å²) in [5.41, 5.74) is -0.342. The van der Waals surface area contributed by atoms with Crippen LogP contribution >= 0.6 is 24.0 Å². The van der Waals surface area contributed by atoms with Crippen LogP contribution in [-0.4, -0.2) is 38.0 Å². The standard InChI is InChI=1S/C16H34N4O.HI/c1-12(2)8-9-13(3)20-15(17-7)19-11-10-18-14(21)16(4,5)6;/h12-13H,8-11H2,1-7H3,(H,18,21)(H2,17,19,20);1H. The van der Waals surface area contributed by atoms with E-state index in [1.165, 1.54) is 6.42 Å². The molecule has 0 aromatic carbocycles. The molecule has 0 rings (SSSR count). The van der Waals surface area contributed by atoms with Crippen LogP contribution in [-0.2, 0) is 4.79 Å². The molecule has 0 saturated carbocycles. The van der Waals surface area contributed by atoms with Gasteiger partial charge in [-0.1, -0.05) is 34.6 Å². The maximum atomic E-state index is 11.7. The summed E-state index contributed by atoms with van der Waals surface area (Å²) < 4.78 is 0. The molecule has 0 aliphatic heterocycles. The molecule has 0 aromatic rings. The van der Waals surface area contributed by atoms with Crippen LogP contribution in [0, 0.1) is 11.3 Å². The predicted octanol–water partition coefficient (Wildman–Crippen LogP) is 2.76. The van der Waals surface area contributed by atoms with Gasteiger partial charge in [0.25, 0.3) is 0 Å². The van der Waals surface area contributed by atoms with Gasteiger partial charge < -0.3 is 16.0 Å². The average Bonchev–Trinajstić information content (AvgIpc) is 2.38. The molecule has 5 nitrogen and oxygen atoms in total. The molecule has 1 amide bonds. The second-order valence-corrected chi connectivity index (χ2v) is 7.02. The molecule has 132 valence electrons. The summed E-state index contributed by atoms with van der Waals surface area (Å²) in [5, 5.41) is 9.50. The summed E-state index contributed by atoms with van der Waals surface area (Å²) in [6.45, 7) is 13.6. The van der Waals surface area contributed by atoms with Crippen LogP contribution in [0.3, 0.4) is 0 Å². The van der Waals surface area contributed by atoms with Crippen molar-refractivity contribution in [1.29, 1.82) is 0 Å². The van der Waals surface area contributed by atoms with Crippen molar-refractivity contribution in [2.24, 2.45) is 16.3 Å². The molecule has 0 radical (unpaired) electrons. The maximum Gasteiger partial charge on any atom is 0.225 e. The van der Waals surface area contributed by atoms with Crippen LogP contribution in [0.2, 0.25) is 0 Å². The highest BCUT2D eigenvalue weighted by molar-refractivity contribution is 14.0. The Morgan fingerprint density at radius 3 is 2.05 bits per heavy atom. The number of hydrogen-bond acceptors (Lipinski definition) is 2. The van der Waals surface area contributed by atoms with Crippen molar-refractivity contribution in [3.05, 3.63) is 0 Å². The van der Waals surface area contributed by atoms with E-state index in [0.717, 1.165) is 18.3 Å². The zero-order chi connectivity index (χ0) is 16.5. The number of rotatable bonds is 7. The molecule has 0 aromatic heterocycles. The summed E-state index contributed by atoms with van der Waals surface area (Å²) in [7, 11) is 1.76. The number of aliphatic imine (C=N–C) groups is 1. The van der Waals surface area contributed by atoms with Crippen molar-refractivity contribution < 1.29 is 4.79 Å². The van der Waals surface area contributed by atoms with Gasteiger partial charge in [-0.25, -0.2) is 0 Å². The normalized spacial score (nSPS) is 13.4. The molecule has 0 spiro atoms. The highest BCUT2D eigenvalue weighted by atomic mass is 127. The number of nitrogens with zero attached hydrogens (tertiary/aromatic N) is 1. The van der Waals surface area contributed by atoms with Crippen LogP contribution < -0.4 is 16.0 Å². The number of halogens is 1. The van der Waals surface area contributed by atoms with Gasteiger partial charge in [0, 0.05) is 31.6 Å². The third kappa shape index (κ3) is 12.1. The van der Waals surface area contributed by atoms with Gasteiger partial charge in [0.05, 0.1) is 0 Å². The molecule has 6 heteroatoms. The van der Waals surface area contributed by atoms with Gasteiger partial charge in [-0.2, -0.15) is 0 Å². The van der Waals surface area contributed by atoms with Crippen LogP contribution in [0.5, 0.6) is 0 Å². The van der Waals surface area contributed by atoms with E-state index in [1.807, 2.05) is 20.8 Å². The van der Waals surface area contributed by atoms with Gasteiger partial charge in [0.1, 0.15) is 0 Å². The Morgan fingerprint density at radius 2 is 1.59 bits per heavy atom. The first-order valence-electron chi connectivity index (χ1n) is 7.92. The van der Waals surface area contributed by atoms with Gasteiger partial charge in [-0.3, -0.25) is 9.79 Å². The van der Waals surface area contributed by atoms with E-state index in [-0.39, 0.29) is 35.3 Å². The van der Waals surface area contributed by atoms with E-state index in [2.05, 4.69) is 41.7 Å². The van der Waals surface area contributed by atoms with E-state index in [1.54, 1.807) is 7.05 Å². The van der Waals surface area contributed by atoms with Gasteiger partial charge >= 0.3 is 0 Å². The second kappa shape index (κ2) is 12.0. The summed E-state index contributed by atoms with van der Waals surface area (Å²) in [4.78, 5) is 15.9. The van der Waals surface area contributed by atoms with Gasteiger partial charge in [0.2, 0.25) is 5.91 Å². The van der Waals surface area contributed by atoms with E-state index < -0.39 is 0 Å². The fraction of sp³-hybridized carbons (Fsp3) is 0.875. The zero-order valence-electron chi connectivity index (χ0n) is 15.2. The number of carbonyl (C=O) groups excluding carboxylic acids is 1. The second-order valence-electron chi connectivity index (χ2n) is 7.02. The minimum atomic E-state index is -0.342. The average molecular weight is 426 g/mol. The predicted molar refractivity (Wildman–Crippen MR) is 106 cm³/mol. The SMILES string of the molecule is CN=C(NCCNC(=O)C(C)(C)C)NC(C)CCC(C)C.I. The van der Waals surface area contributed by atoms with Crippen LogP contribution in [0.1, 0.15) is 54.4 Å². The fourth-order valence-corrected chi connectivity index (χ4v) is 1.71. The Morgan fingerprint density at radius 1 is 1.05 bits per heavy atom. The molecule has 0 bridgehead atoms. The summed E-state index contributed by atoms with van der Waals surface area (Å²) in [5.74, 6) is 1.57. The summed E-state index contributed by atoms with van der Waals surface area (Å²) in [6, 6.07) is 0.391. The summed E-state index contributed by atoms with van der Waals surface area (Å²) in [6.07, 6.45) is 2.33. The minimum Gasteiger partial charge on any atom is -0.355 e. The van der Waals surface area contributed by atoms with Crippen molar-refractivity contribution in [1.82, 2.24) is 16.0 Å². The quantitative estimate of drug-likeness (QED) is 0.254. The van der Waals surface area contributed by atoms with E-state index in [4.69, 9.17) is 0 Å². The Kier molecular flexibility index (Phi) is 12.9. The molecule has 22 heavy (non-hydrogen) atoms. The first-order valence-corrected chi connectivity index (χ1v) is 7.92. The number of amides is 1. The van der Waals surface area contributed by atoms with Crippen molar-refractivity contribution >= 4 is 35.8 Å². The van der Waals surface area contributed by atoms with Crippen molar-refractivity contribution in [2.45, 2.75) is 60.4 Å². The topological polar surface area (TPSA) is 65.5 Å². The van der Waals surface area contributed by atoms with Crippen molar-refractivity contribution in [2.75, 3.05) is 20.1 Å². The number of hydrogen-bond donors (Lipinski definition) is 3. The molecule has 1 atom stereocenters. The molecule has 3 N–H and O–H groups in total. The smallest absolute Gasteiger partial charge is 0.225 e. The lowest BCUT2D eigenvalue weighted by Crippen LogP contribution is -2.45. The van der Waals surface area contributed by atoms with Crippen LogP contribution in [0.4, 0.5) is 0 Å². The van der Waals surface area contributed by atoms with Crippen LogP contribution in [0.25, 0.3) is 0 Å². The molecular weight excluding hydrogens is 391 g/mol. The molecular formula is C16H35IN4O. The third-order valence-corrected chi connectivity index (χ3v) is 3.17. The fourth-order valence-electron chi connectivity index (χ4n) is 1.71. The minimum absolute atomic E-state index is 0. The van der Waals surface area contributed by atoms with E-state index in [0.29, 0.717) is 19.1 Å². The molecule has 0 aliphatic rings. The molecule has 0 heterocycles. The summed E-state index contributed by atoms with van der Waals surface area (Å²) >= 11 is 0. The highest BCUT2D eigenvalue weighted by Gasteiger charge is 2.20. The maximum absolute atomic E-state index is 11.7. The number of nitrogens with one attached hydrogen (secondary N) is 3. The van der Waals surface area contributed by atoms with Gasteiger partial charge in [-0.05, 0) is 25.7 Å². The lowest BCUT2D eigenvalue weighted by Gasteiger charge is -2.20. The van der Waals surface area contributed by atoms with Gasteiger partial charge in [-0.15, -0.1) is 24.0 Å². The largest absolute Gasteiger partial charge is 0.355 e. The first-order chi connectivity index (χ1) is 9.66. The van der Waals surface area contributed by atoms with E-state index >= 15 is 0 Å². The van der Waals surface area contributed by atoms with E-state index in [9.17, 15) is 4.79 Å². The molecule has 1 unspecified atom stereocenters.